The normalized spacial score (nSPS) is 11.5. The quantitative estimate of drug-likeness (QED) is 0.316. The van der Waals surface area contributed by atoms with E-state index in [1.54, 1.807) is 46.2 Å². The molecular formula is C22H26N6O6S. The van der Waals surface area contributed by atoms with Gasteiger partial charge in [0, 0.05) is 49.2 Å². The van der Waals surface area contributed by atoms with Gasteiger partial charge in [0.1, 0.15) is 10.6 Å². The zero-order valence-electron chi connectivity index (χ0n) is 19.7. The van der Waals surface area contributed by atoms with Crippen LogP contribution in [-0.2, 0) is 23.1 Å². The number of hydrogen-bond acceptors (Lipinski definition) is 8. The van der Waals surface area contributed by atoms with Crippen molar-refractivity contribution in [3.63, 3.8) is 0 Å². The fourth-order valence-corrected chi connectivity index (χ4v) is 4.64. The second-order valence-electron chi connectivity index (χ2n) is 7.90. The Bertz CT molecular complexity index is 1340. The van der Waals surface area contributed by atoms with Crippen LogP contribution in [0, 0.1) is 17.0 Å². The van der Waals surface area contributed by atoms with Gasteiger partial charge in [-0.05, 0) is 45.4 Å². The molecule has 2 heterocycles. The molecule has 0 atom stereocenters. The smallest absolute Gasteiger partial charge is 0.272 e. The number of benzene rings is 1. The predicted octanol–water partition coefficient (Wildman–Crippen LogP) is 2.92. The first-order valence-electron chi connectivity index (χ1n) is 10.8. The monoisotopic (exact) mass is 502 g/mol. The molecule has 35 heavy (non-hydrogen) atoms. The summed E-state index contributed by atoms with van der Waals surface area (Å²) in [5.41, 5.74) is 0.896. The van der Waals surface area contributed by atoms with Crippen LogP contribution in [0.3, 0.4) is 0 Å². The highest BCUT2D eigenvalue weighted by Crippen LogP contribution is 2.34. The van der Waals surface area contributed by atoms with Crippen LogP contribution in [0.2, 0.25) is 0 Å². The Morgan fingerprint density at radius 1 is 1.29 bits per heavy atom. The Morgan fingerprint density at radius 2 is 2.03 bits per heavy atom. The van der Waals surface area contributed by atoms with E-state index < -0.39 is 37.5 Å². The summed E-state index contributed by atoms with van der Waals surface area (Å²) in [4.78, 5) is 27.0. The Hall–Kier alpha value is -3.84. The first-order valence-corrected chi connectivity index (χ1v) is 12.2. The fraction of sp³-hybridized carbons (Fsp3) is 0.318. The predicted molar refractivity (Wildman–Crippen MR) is 127 cm³/mol. The van der Waals surface area contributed by atoms with Gasteiger partial charge >= 0.3 is 0 Å². The number of pyridine rings is 1. The summed E-state index contributed by atoms with van der Waals surface area (Å²) >= 11 is 0. The molecule has 0 aliphatic carbocycles. The molecule has 0 aliphatic heterocycles. The van der Waals surface area contributed by atoms with Gasteiger partial charge in [-0.1, -0.05) is 6.07 Å². The van der Waals surface area contributed by atoms with Gasteiger partial charge in [0.05, 0.1) is 4.92 Å². The van der Waals surface area contributed by atoms with E-state index in [1.165, 1.54) is 10.7 Å². The molecule has 0 bridgehead atoms. The van der Waals surface area contributed by atoms with Gasteiger partial charge < -0.3 is 10.1 Å². The van der Waals surface area contributed by atoms with Crippen molar-refractivity contribution in [3.8, 4) is 11.6 Å². The lowest BCUT2D eigenvalue weighted by atomic mass is 10.2. The average Bonchev–Trinajstić information content (AvgIpc) is 3.12. The van der Waals surface area contributed by atoms with Crippen molar-refractivity contribution in [2.24, 2.45) is 0 Å². The van der Waals surface area contributed by atoms with Crippen LogP contribution in [0.15, 0.2) is 47.6 Å². The van der Waals surface area contributed by atoms with Gasteiger partial charge in [0.25, 0.3) is 11.6 Å². The van der Waals surface area contributed by atoms with Crippen molar-refractivity contribution >= 4 is 21.6 Å². The van der Waals surface area contributed by atoms with Crippen LogP contribution in [-0.4, -0.2) is 40.1 Å². The number of amides is 1. The lowest BCUT2D eigenvalue weighted by Gasteiger charge is -2.15. The Balaban J connectivity index is 1.97. The van der Waals surface area contributed by atoms with E-state index in [1.807, 2.05) is 6.07 Å². The molecule has 2 N–H and O–H groups in total. The Kier molecular flexibility index (Phi) is 7.82. The second kappa shape index (κ2) is 10.6. The number of carbonyl (C=O) groups is 1. The van der Waals surface area contributed by atoms with Crippen LogP contribution in [0.25, 0.3) is 0 Å². The van der Waals surface area contributed by atoms with E-state index in [2.05, 4.69) is 20.1 Å². The van der Waals surface area contributed by atoms with Crippen LogP contribution in [0.5, 0.6) is 11.6 Å². The third kappa shape index (κ3) is 6.00. The molecule has 1 amide bonds. The molecule has 186 valence electrons. The van der Waals surface area contributed by atoms with Gasteiger partial charge in [-0.15, -0.1) is 0 Å². The summed E-state index contributed by atoms with van der Waals surface area (Å²) in [5.74, 6) is -0.431. The first-order chi connectivity index (χ1) is 16.5. The molecule has 0 unspecified atom stereocenters. The van der Waals surface area contributed by atoms with Crippen LogP contribution in [0.1, 0.15) is 42.4 Å². The highest BCUT2D eigenvalue weighted by Gasteiger charge is 2.27. The van der Waals surface area contributed by atoms with Crippen LogP contribution < -0.4 is 14.8 Å². The van der Waals surface area contributed by atoms with Crippen molar-refractivity contribution in [1.29, 1.82) is 0 Å². The summed E-state index contributed by atoms with van der Waals surface area (Å²) in [5, 5.41) is 18.3. The molecule has 12 nitrogen and oxygen atoms in total. The number of nitro groups is 1. The van der Waals surface area contributed by atoms with E-state index in [0.29, 0.717) is 12.1 Å². The fourth-order valence-electron chi connectivity index (χ4n) is 3.25. The topological polar surface area (TPSA) is 158 Å². The molecule has 13 heteroatoms. The maximum atomic E-state index is 12.9. The number of nitro benzene ring substituents is 1. The molecule has 0 aliphatic rings. The number of sulfonamides is 1. The average molecular weight is 503 g/mol. The summed E-state index contributed by atoms with van der Waals surface area (Å²) < 4.78 is 35.5. The summed E-state index contributed by atoms with van der Waals surface area (Å²) in [6.45, 7) is 7.23. The number of ether oxygens (including phenoxy) is 1. The highest BCUT2D eigenvalue weighted by molar-refractivity contribution is 7.89. The van der Waals surface area contributed by atoms with Crippen molar-refractivity contribution < 1.29 is 22.9 Å². The number of nitrogens with one attached hydrogen (secondary N) is 2. The molecule has 0 saturated carbocycles. The van der Waals surface area contributed by atoms with Gasteiger partial charge in [-0.25, -0.2) is 17.8 Å². The molecule has 0 saturated heterocycles. The Labute approximate surface area is 202 Å². The number of carbonyl (C=O) groups excluding carboxylic acids is 1. The number of rotatable bonds is 10. The number of nitrogens with zero attached hydrogens (tertiary/aromatic N) is 4. The first kappa shape index (κ1) is 25.8. The van der Waals surface area contributed by atoms with Crippen LogP contribution in [0.4, 0.5) is 5.69 Å². The van der Waals surface area contributed by atoms with E-state index >= 15 is 0 Å². The lowest BCUT2D eigenvalue weighted by molar-refractivity contribution is -0.385. The van der Waals surface area contributed by atoms with Crippen molar-refractivity contribution in [2.75, 3.05) is 0 Å². The summed E-state index contributed by atoms with van der Waals surface area (Å²) in [7, 11) is -4.14. The van der Waals surface area contributed by atoms with Crippen molar-refractivity contribution in [1.82, 2.24) is 24.8 Å². The molecule has 0 fully saturated rings. The maximum Gasteiger partial charge on any atom is 0.272 e. The summed E-state index contributed by atoms with van der Waals surface area (Å²) in [6.07, 6.45) is 3.26. The highest BCUT2D eigenvalue weighted by atomic mass is 32.2. The molecule has 2 aromatic heterocycles. The third-order valence-corrected chi connectivity index (χ3v) is 6.53. The maximum absolute atomic E-state index is 12.9. The number of aryl methyl sites for hydroxylation is 1. The van der Waals surface area contributed by atoms with Gasteiger partial charge in [0.15, 0.2) is 5.69 Å². The van der Waals surface area contributed by atoms with Crippen molar-refractivity contribution in [2.45, 2.75) is 51.7 Å². The lowest BCUT2D eigenvalue weighted by Crippen LogP contribution is -2.30. The minimum Gasteiger partial charge on any atom is -0.438 e. The van der Waals surface area contributed by atoms with E-state index in [9.17, 15) is 23.3 Å². The third-order valence-electron chi connectivity index (χ3n) is 4.85. The number of aromatic nitrogens is 3. The minimum atomic E-state index is -4.14. The van der Waals surface area contributed by atoms with E-state index in [4.69, 9.17) is 4.74 Å². The number of hydrogen-bond donors (Lipinski definition) is 2. The van der Waals surface area contributed by atoms with Crippen LogP contribution >= 0.6 is 0 Å². The largest absolute Gasteiger partial charge is 0.438 e. The molecule has 3 aromatic rings. The molecule has 1 aromatic carbocycles. The molecule has 0 radical (unpaired) electrons. The zero-order chi connectivity index (χ0) is 25.8. The molecule has 3 rings (SSSR count). The van der Waals surface area contributed by atoms with E-state index in [0.717, 1.165) is 17.7 Å². The summed E-state index contributed by atoms with van der Waals surface area (Å²) in [6, 6.07) is 6.42. The second-order valence-corrected chi connectivity index (χ2v) is 9.59. The van der Waals surface area contributed by atoms with Gasteiger partial charge in [0.2, 0.25) is 15.9 Å². The van der Waals surface area contributed by atoms with E-state index in [-0.39, 0.29) is 23.9 Å². The minimum absolute atomic E-state index is 0.109. The van der Waals surface area contributed by atoms with Gasteiger partial charge in [-0.2, -0.15) is 5.10 Å². The standard InChI is InChI=1S/C22H26N6O6S/c1-5-27-22(15(4)20(25-27)21(29)24-13-16-7-6-10-23-12-16)34-18-9-8-17(28(30)31)11-19(18)35(32,33)26-14(2)3/h6-12,14,26H,5,13H2,1-4H3,(H,24,29). The zero-order valence-corrected chi connectivity index (χ0v) is 20.5. The number of non-ortho nitro benzene ring substituents is 1. The molecule has 0 spiro atoms. The van der Waals surface area contributed by atoms with Gasteiger partial charge in [-0.3, -0.25) is 19.9 Å². The van der Waals surface area contributed by atoms with Crippen molar-refractivity contribution in [3.05, 3.63) is 69.7 Å². The molecular weight excluding hydrogens is 476 g/mol. The Morgan fingerprint density at radius 3 is 2.63 bits per heavy atom. The SMILES string of the molecule is CCn1nc(C(=O)NCc2cccnc2)c(C)c1Oc1ccc([N+](=O)[O-])cc1S(=O)(=O)NC(C)C.